The number of ether oxygens (including phenoxy) is 3. The highest BCUT2D eigenvalue weighted by Gasteiger charge is 2.36. The van der Waals surface area contributed by atoms with E-state index < -0.39 is 17.1 Å². The van der Waals surface area contributed by atoms with E-state index >= 15 is 0 Å². The Kier molecular flexibility index (Phi) is 9.93. The molecule has 42 heavy (non-hydrogen) atoms. The number of carbonyl (C=O) groups is 3. The van der Waals surface area contributed by atoms with Gasteiger partial charge in [0.05, 0.1) is 28.8 Å². The van der Waals surface area contributed by atoms with Gasteiger partial charge in [0.25, 0.3) is 11.1 Å². The van der Waals surface area contributed by atoms with Gasteiger partial charge in [-0.3, -0.25) is 19.3 Å². The van der Waals surface area contributed by atoms with Crippen molar-refractivity contribution in [3.05, 3.63) is 85.3 Å². The van der Waals surface area contributed by atoms with Gasteiger partial charge in [-0.05, 0) is 88.5 Å². The molecular formula is C30H27ClIN3O6S. The molecule has 3 amide bonds. The molecule has 12 heteroatoms. The Morgan fingerprint density at radius 1 is 1.12 bits per heavy atom. The third-order valence-electron chi connectivity index (χ3n) is 6.58. The maximum atomic E-state index is 13.1. The summed E-state index contributed by atoms with van der Waals surface area (Å²) in [7, 11) is 1.53. The van der Waals surface area contributed by atoms with Crippen LogP contribution in [0.25, 0.3) is 6.08 Å². The Hall–Kier alpha value is -3.26. The van der Waals surface area contributed by atoms with Crippen LogP contribution in [0.5, 0.6) is 11.5 Å². The molecule has 5 rings (SSSR count). The minimum atomic E-state index is -0.532. The van der Waals surface area contributed by atoms with Gasteiger partial charge in [-0.15, -0.1) is 0 Å². The first-order valence-corrected chi connectivity index (χ1v) is 15.3. The van der Waals surface area contributed by atoms with Crippen molar-refractivity contribution >= 4 is 80.5 Å². The van der Waals surface area contributed by atoms with Gasteiger partial charge >= 0.3 is 0 Å². The Balaban J connectivity index is 1.22. The third-order valence-corrected chi connectivity index (χ3v) is 8.66. The second kappa shape index (κ2) is 13.8. The quantitative estimate of drug-likeness (QED) is 0.211. The zero-order chi connectivity index (χ0) is 29.6. The number of hydrogen-bond donors (Lipinski definition) is 1. The Bertz CT molecular complexity index is 1530. The van der Waals surface area contributed by atoms with Crippen molar-refractivity contribution in [2.24, 2.45) is 0 Å². The number of nitrogens with zero attached hydrogens (tertiary/aromatic N) is 2. The van der Waals surface area contributed by atoms with Crippen LogP contribution >= 0.6 is 46.0 Å². The molecule has 3 aromatic carbocycles. The number of carbonyl (C=O) groups excluding carboxylic acids is 3. The van der Waals surface area contributed by atoms with E-state index in [9.17, 15) is 14.4 Å². The van der Waals surface area contributed by atoms with Gasteiger partial charge in [-0.25, -0.2) is 0 Å². The number of rotatable bonds is 9. The second-order valence-corrected chi connectivity index (χ2v) is 11.9. The van der Waals surface area contributed by atoms with Crippen LogP contribution in [0.2, 0.25) is 5.02 Å². The summed E-state index contributed by atoms with van der Waals surface area (Å²) in [6, 6.07) is 18.4. The topological polar surface area (TPSA) is 97.4 Å². The highest BCUT2D eigenvalue weighted by molar-refractivity contribution is 14.1. The van der Waals surface area contributed by atoms with E-state index in [0.717, 1.165) is 44.6 Å². The standard InChI is InChI=1S/C30H27ClIN3O6S/c1-39-25-15-19(14-24(32)28(25)41-18-20-4-2-3-5-23(20)31)16-26-29(37)35(30(38)42-26)17-27(36)33-21-6-8-22(9-7-21)34-10-12-40-13-11-34/h2-9,14-16H,10-13,17-18H2,1H3,(H,33,36)/b26-16+. The lowest BCUT2D eigenvalue weighted by Gasteiger charge is -2.28. The summed E-state index contributed by atoms with van der Waals surface area (Å²) >= 11 is 9.17. The lowest BCUT2D eigenvalue weighted by atomic mass is 10.1. The number of hydrogen-bond acceptors (Lipinski definition) is 8. The Morgan fingerprint density at radius 3 is 2.57 bits per heavy atom. The molecule has 218 valence electrons. The number of imide groups is 1. The normalized spacial score (nSPS) is 16.2. The van der Waals surface area contributed by atoms with Gasteiger partial charge in [-0.2, -0.15) is 0 Å². The molecule has 9 nitrogen and oxygen atoms in total. The molecule has 0 radical (unpaired) electrons. The van der Waals surface area contributed by atoms with Gasteiger partial charge in [0, 0.05) is 35.1 Å². The smallest absolute Gasteiger partial charge is 0.294 e. The fourth-order valence-corrected chi connectivity index (χ4v) is 6.25. The number of halogens is 2. The van der Waals surface area contributed by atoms with E-state index in [1.165, 1.54) is 7.11 Å². The van der Waals surface area contributed by atoms with Crippen LogP contribution in [0.1, 0.15) is 11.1 Å². The molecule has 1 N–H and O–H groups in total. The first-order chi connectivity index (χ1) is 20.3. The SMILES string of the molecule is COc1cc(/C=C2/SC(=O)N(CC(=O)Nc3ccc(N4CCOCC4)cc3)C2=O)cc(I)c1OCc1ccccc1Cl. The lowest BCUT2D eigenvalue weighted by Crippen LogP contribution is -2.36. The molecule has 3 aromatic rings. The number of amides is 3. The lowest BCUT2D eigenvalue weighted by molar-refractivity contribution is -0.127. The van der Waals surface area contributed by atoms with E-state index in [1.54, 1.807) is 30.3 Å². The summed E-state index contributed by atoms with van der Waals surface area (Å²) in [5, 5.41) is 2.86. The van der Waals surface area contributed by atoms with Crippen molar-refractivity contribution < 1.29 is 28.6 Å². The summed E-state index contributed by atoms with van der Waals surface area (Å²) in [5.74, 6) is 0.0149. The fourth-order valence-electron chi connectivity index (χ4n) is 4.44. The number of anilines is 2. The molecule has 2 aliphatic rings. The minimum Gasteiger partial charge on any atom is -0.493 e. The maximum Gasteiger partial charge on any atom is 0.294 e. The van der Waals surface area contributed by atoms with Gasteiger partial charge in [0.2, 0.25) is 5.91 Å². The molecule has 0 bridgehead atoms. The molecule has 0 aliphatic carbocycles. The zero-order valence-electron chi connectivity index (χ0n) is 22.6. The number of methoxy groups -OCH3 is 1. The maximum absolute atomic E-state index is 13.1. The van der Waals surface area contributed by atoms with Crippen LogP contribution in [0.15, 0.2) is 65.6 Å². The molecule has 2 fully saturated rings. The van der Waals surface area contributed by atoms with Gasteiger partial charge in [0.1, 0.15) is 13.2 Å². The van der Waals surface area contributed by atoms with Gasteiger partial charge in [-0.1, -0.05) is 29.8 Å². The molecule has 2 heterocycles. The van der Waals surface area contributed by atoms with Crippen molar-refractivity contribution in [2.75, 3.05) is 50.2 Å². The van der Waals surface area contributed by atoms with E-state index in [4.69, 9.17) is 25.8 Å². The van der Waals surface area contributed by atoms with Crippen molar-refractivity contribution in [1.82, 2.24) is 4.90 Å². The molecular weight excluding hydrogens is 693 g/mol. The first kappa shape index (κ1) is 30.2. The zero-order valence-corrected chi connectivity index (χ0v) is 26.3. The highest BCUT2D eigenvalue weighted by atomic mass is 127. The average Bonchev–Trinajstić information content (AvgIpc) is 3.25. The summed E-state index contributed by atoms with van der Waals surface area (Å²) in [4.78, 5) is 41.8. The van der Waals surface area contributed by atoms with Crippen LogP contribution in [0.3, 0.4) is 0 Å². The summed E-state index contributed by atoms with van der Waals surface area (Å²) in [5.41, 5.74) is 3.11. The second-order valence-electron chi connectivity index (χ2n) is 9.38. The van der Waals surface area contributed by atoms with E-state index in [0.29, 0.717) is 41.0 Å². The van der Waals surface area contributed by atoms with Gasteiger partial charge in [0.15, 0.2) is 11.5 Å². The fraction of sp³-hybridized carbons (Fsp3) is 0.233. The van der Waals surface area contributed by atoms with Crippen LogP contribution in [-0.2, 0) is 20.9 Å². The highest BCUT2D eigenvalue weighted by Crippen LogP contribution is 2.38. The van der Waals surface area contributed by atoms with E-state index in [1.807, 2.05) is 36.4 Å². The van der Waals surface area contributed by atoms with E-state index in [-0.39, 0.29) is 18.1 Å². The van der Waals surface area contributed by atoms with Crippen LogP contribution < -0.4 is 19.7 Å². The molecule has 2 saturated heterocycles. The molecule has 0 unspecified atom stereocenters. The number of morpholine rings is 1. The van der Waals surface area contributed by atoms with Crippen molar-refractivity contribution in [3.8, 4) is 11.5 Å². The predicted molar refractivity (Wildman–Crippen MR) is 172 cm³/mol. The van der Waals surface area contributed by atoms with Crippen molar-refractivity contribution in [3.63, 3.8) is 0 Å². The molecule has 0 aromatic heterocycles. The average molecular weight is 720 g/mol. The predicted octanol–water partition coefficient (Wildman–Crippen LogP) is 6.04. The summed E-state index contributed by atoms with van der Waals surface area (Å²) < 4.78 is 17.7. The number of benzene rings is 3. The number of thioether (sulfide) groups is 1. The summed E-state index contributed by atoms with van der Waals surface area (Å²) in [6.45, 7) is 2.86. The molecule has 2 aliphatic heterocycles. The third kappa shape index (κ3) is 7.20. The molecule has 0 saturated carbocycles. The van der Waals surface area contributed by atoms with Crippen molar-refractivity contribution in [2.45, 2.75) is 6.61 Å². The number of nitrogens with one attached hydrogen (secondary N) is 1. The summed E-state index contributed by atoms with van der Waals surface area (Å²) in [6.07, 6.45) is 1.61. The van der Waals surface area contributed by atoms with Crippen LogP contribution in [-0.4, -0.2) is 61.9 Å². The Labute approximate surface area is 266 Å². The monoisotopic (exact) mass is 719 g/mol. The minimum absolute atomic E-state index is 0.213. The van der Waals surface area contributed by atoms with Crippen LogP contribution in [0, 0.1) is 3.57 Å². The molecule has 0 spiro atoms. The Morgan fingerprint density at radius 2 is 1.86 bits per heavy atom. The van der Waals surface area contributed by atoms with Crippen LogP contribution in [0.4, 0.5) is 16.2 Å². The largest absolute Gasteiger partial charge is 0.493 e. The van der Waals surface area contributed by atoms with Gasteiger partial charge < -0.3 is 24.4 Å². The first-order valence-electron chi connectivity index (χ1n) is 13.0. The van der Waals surface area contributed by atoms with E-state index in [2.05, 4.69) is 32.8 Å². The van der Waals surface area contributed by atoms with Crippen molar-refractivity contribution in [1.29, 1.82) is 0 Å². The molecule has 0 atom stereocenters.